The largest absolute Gasteiger partial charge is 0.362 e. The Kier molecular flexibility index (Phi) is 5.12. The molecule has 3 heterocycles. The number of hydrogen-bond acceptors (Lipinski definition) is 6. The third kappa shape index (κ3) is 3.77. The van der Waals surface area contributed by atoms with Crippen LogP contribution in [0.3, 0.4) is 0 Å². The molecule has 144 valence electrons. The lowest BCUT2D eigenvalue weighted by atomic mass is 10.2. The van der Waals surface area contributed by atoms with Gasteiger partial charge in [0.15, 0.2) is 5.03 Å². The number of anilines is 1. The van der Waals surface area contributed by atoms with E-state index in [1.54, 1.807) is 16.8 Å². The van der Waals surface area contributed by atoms with Gasteiger partial charge in [0, 0.05) is 18.2 Å². The summed E-state index contributed by atoms with van der Waals surface area (Å²) in [7, 11) is -3.72. The van der Waals surface area contributed by atoms with Crippen LogP contribution in [0.4, 0.5) is 5.00 Å². The summed E-state index contributed by atoms with van der Waals surface area (Å²) in [5.74, 6) is 0.683. The van der Waals surface area contributed by atoms with E-state index < -0.39 is 10.0 Å². The smallest absolute Gasteiger partial charge is 0.259 e. The molecule has 0 saturated carbocycles. The van der Waals surface area contributed by atoms with E-state index in [-0.39, 0.29) is 11.7 Å². The molecule has 3 aromatic rings. The van der Waals surface area contributed by atoms with Gasteiger partial charge in [-0.3, -0.25) is 4.57 Å². The second-order valence-corrected chi connectivity index (χ2v) is 9.05. The maximum Gasteiger partial charge on any atom is 0.259 e. The predicted molar refractivity (Wildman–Crippen MR) is 111 cm³/mol. The number of allylic oxidation sites excluding steroid dienone is 3. The second-order valence-electron chi connectivity index (χ2n) is 6.13. The number of nitrogens with one attached hydrogen (secondary N) is 2. The number of benzene rings is 1. The fourth-order valence-corrected chi connectivity index (χ4v) is 4.77. The Morgan fingerprint density at radius 2 is 2.04 bits per heavy atom. The van der Waals surface area contributed by atoms with E-state index in [0.29, 0.717) is 12.2 Å². The van der Waals surface area contributed by atoms with Gasteiger partial charge in [0.2, 0.25) is 0 Å². The van der Waals surface area contributed by atoms with Crippen molar-refractivity contribution in [3.8, 4) is 11.3 Å². The maximum atomic E-state index is 12.7. The fraction of sp³-hybridized carbons (Fsp3) is 0.158. The highest BCUT2D eigenvalue weighted by atomic mass is 32.2. The van der Waals surface area contributed by atoms with Crippen molar-refractivity contribution in [2.24, 2.45) is 0 Å². The number of imidazole rings is 1. The van der Waals surface area contributed by atoms with E-state index in [4.69, 9.17) is 0 Å². The van der Waals surface area contributed by atoms with Gasteiger partial charge >= 0.3 is 0 Å². The number of fused-ring (bicyclic) bond motifs is 1. The van der Waals surface area contributed by atoms with Crippen molar-refractivity contribution in [2.45, 2.75) is 18.4 Å². The monoisotopic (exact) mass is 413 g/mol. The molecule has 0 amide bonds. The third-order valence-electron chi connectivity index (χ3n) is 4.19. The molecule has 0 bridgehead atoms. The number of rotatable bonds is 6. The van der Waals surface area contributed by atoms with E-state index in [2.05, 4.69) is 20.0 Å². The van der Waals surface area contributed by atoms with Crippen molar-refractivity contribution in [2.75, 3.05) is 12.0 Å². The van der Waals surface area contributed by atoms with E-state index in [0.717, 1.165) is 21.3 Å². The van der Waals surface area contributed by atoms with Crippen LogP contribution in [0.15, 0.2) is 59.8 Å². The third-order valence-corrected chi connectivity index (χ3v) is 6.50. The quantitative estimate of drug-likeness (QED) is 0.606. The lowest BCUT2D eigenvalue weighted by molar-refractivity contribution is 0.578. The maximum absolute atomic E-state index is 12.7. The molecule has 0 atom stereocenters. The summed E-state index contributed by atoms with van der Waals surface area (Å²) in [5.41, 5.74) is 1.80. The minimum Gasteiger partial charge on any atom is -0.362 e. The molecular weight excluding hydrogens is 394 g/mol. The number of sulfonamides is 1. The van der Waals surface area contributed by atoms with Gasteiger partial charge < -0.3 is 5.32 Å². The molecule has 0 radical (unpaired) electrons. The molecule has 0 aliphatic carbocycles. The van der Waals surface area contributed by atoms with E-state index in [1.807, 2.05) is 49.4 Å². The molecule has 1 aromatic carbocycles. The Morgan fingerprint density at radius 1 is 1.21 bits per heavy atom. The highest BCUT2D eigenvalue weighted by molar-refractivity contribution is 7.89. The zero-order valence-electron chi connectivity index (χ0n) is 15.2. The average molecular weight is 414 g/mol. The lowest BCUT2D eigenvalue weighted by Crippen LogP contribution is -2.30. The average Bonchev–Trinajstić information content (AvgIpc) is 3.18. The summed E-state index contributed by atoms with van der Waals surface area (Å²) >= 11 is 1.49. The molecule has 1 aliphatic heterocycles. The van der Waals surface area contributed by atoms with Crippen LogP contribution >= 0.6 is 11.3 Å². The molecule has 0 saturated heterocycles. The Hall–Kier alpha value is -2.75. The summed E-state index contributed by atoms with van der Waals surface area (Å²) in [6, 6.07) is 9.80. The van der Waals surface area contributed by atoms with Gasteiger partial charge in [0.05, 0.1) is 17.9 Å². The minimum atomic E-state index is -3.72. The number of aromatic nitrogens is 3. The number of aryl methyl sites for hydroxylation is 1. The van der Waals surface area contributed by atoms with Gasteiger partial charge in [-0.2, -0.15) is 4.72 Å². The van der Waals surface area contributed by atoms with Crippen molar-refractivity contribution >= 4 is 32.6 Å². The molecule has 1 aliphatic rings. The molecule has 7 nitrogen and oxygen atoms in total. The molecule has 9 heteroatoms. The van der Waals surface area contributed by atoms with E-state index >= 15 is 0 Å². The first kappa shape index (κ1) is 18.6. The van der Waals surface area contributed by atoms with Gasteiger partial charge in [-0.15, -0.1) is 11.3 Å². The standard InChI is InChI=1S/C19H19N5O2S2/c1-14-23-18(15-8-4-2-5-9-15)19(27-14)21-13-22-28(25,26)17-12-20-16-10-6-3-7-11-24(16)17/h2-9,11-12,21-22H,10,13H2,1H3. The van der Waals surface area contributed by atoms with Gasteiger partial charge in [0.1, 0.15) is 16.5 Å². The second kappa shape index (κ2) is 7.70. The van der Waals surface area contributed by atoms with Crippen molar-refractivity contribution in [1.82, 2.24) is 19.3 Å². The Labute approximate surface area is 167 Å². The van der Waals surface area contributed by atoms with Gasteiger partial charge in [-0.1, -0.05) is 42.5 Å². The Morgan fingerprint density at radius 3 is 2.86 bits per heavy atom. The number of thiazole rings is 1. The molecule has 2 N–H and O–H groups in total. The Balaban J connectivity index is 1.50. The van der Waals surface area contributed by atoms with Crippen LogP contribution in [-0.2, 0) is 16.4 Å². The zero-order chi connectivity index (χ0) is 19.6. The number of nitrogens with zero attached hydrogens (tertiary/aromatic N) is 3. The van der Waals surface area contributed by atoms with Crippen LogP contribution in [0.5, 0.6) is 0 Å². The van der Waals surface area contributed by atoms with Gasteiger partial charge in [0.25, 0.3) is 10.0 Å². The van der Waals surface area contributed by atoms with Crippen LogP contribution in [-0.4, -0.2) is 29.6 Å². The van der Waals surface area contributed by atoms with Crippen molar-refractivity contribution in [3.63, 3.8) is 0 Å². The van der Waals surface area contributed by atoms with E-state index in [1.165, 1.54) is 17.5 Å². The molecule has 28 heavy (non-hydrogen) atoms. The van der Waals surface area contributed by atoms with Crippen LogP contribution < -0.4 is 10.0 Å². The van der Waals surface area contributed by atoms with Crippen LogP contribution in [0.2, 0.25) is 0 Å². The van der Waals surface area contributed by atoms with Crippen molar-refractivity contribution in [3.05, 3.63) is 65.6 Å². The zero-order valence-corrected chi connectivity index (χ0v) is 16.8. The molecule has 0 fully saturated rings. The predicted octanol–water partition coefficient (Wildman–Crippen LogP) is 3.25. The summed E-state index contributed by atoms with van der Waals surface area (Å²) in [5, 5.41) is 4.99. The first-order valence-electron chi connectivity index (χ1n) is 8.70. The molecule has 4 rings (SSSR count). The SMILES string of the molecule is Cc1nc(-c2ccccc2)c(NCNS(=O)(=O)c2cnc3n2C=CC=CC3)s1. The highest BCUT2D eigenvalue weighted by Gasteiger charge is 2.21. The first-order valence-corrected chi connectivity index (χ1v) is 11.0. The van der Waals surface area contributed by atoms with Crippen molar-refractivity contribution in [1.29, 1.82) is 0 Å². The lowest BCUT2D eigenvalue weighted by Gasteiger charge is -2.10. The van der Waals surface area contributed by atoms with Crippen LogP contribution in [0, 0.1) is 6.92 Å². The fourth-order valence-electron chi connectivity index (χ4n) is 2.90. The van der Waals surface area contributed by atoms with Gasteiger partial charge in [-0.25, -0.2) is 18.4 Å². The minimum absolute atomic E-state index is 0.0479. The van der Waals surface area contributed by atoms with Crippen LogP contribution in [0.25, 0.3) is 17.5 Å². The van der Waals surface area contributed by atoms with Crippen LogP contribution in [0.1, 0.15) is 10.8 Å². The highest BCUT2D eigenvalue weighted by Crippen LogP contribution is 2.32. The molecule has 0 spiro atoms. The molecule has 2 aromatic heterocycles. The summed E-state index contributed by atoms with van der Waals surface area (Å²) in [6.45, 7) is 1.97. The van der Waals surface area contributed by atoms with E-state index in [9.17, 15) is 8.42 Å². The summed E-state index contributed by atoms with van der Waals surface area (Å²) < 4.78 is 29.7. The molecule has 0 unspecified atom stereocenters. The topological polar surface area (TPSA) is 88.9 Å². The Bertz CT molecular complexity index is 1140. The summed E-state index contributed by atoms with van der Waals surface area (Å²) in [6.07, 6.45) is 9.27. The first-order chi connectivity index (χ1) is 13.5. The normalized spacial score (nSPS) is 13.3. The molecular formula is C19H19N5O2S2. The van der Waals surface area contributed by atoms with Crippen molar-refractivity contribution < 1.29 is 8.42 Å². The summed E-state index contributed by atoms with van der Waals surface area (Å²) in [4.78, 5) is 8.78. The van der Waals surface area contributed by atoms with Gasteiger partial charge in [-0.05, 0) is 13.0 Å². The number of hydrogen-bond donors (Lipinski definition) is 2.